The Kier molecular flexibility index (Phi) is 4.44. The van der Waals surface area contributed by atoms with Gasteiger partial charge in [-0.15, -0.1) is 0 Å². The number of para-hydroxylation sites is 2. The molecule has 26 heavy (non-hydrogen) atoms. The van der Waals surface area contributed by atoms with Crippen molar-refractivity contribution in [1.29, 1.82) is 5.26 Å². The fourth-order valence-electron chi connectivity index (χ4n) is 3.46. The maximum absolute atomic E-state index is 12.8. The number of hydrogen-bond donors (Lipinski definition) is 0. The number of Topliss-reactive ketones (excluding diaryl/α,β-unsaturated/α-hetero) is 1. The summed E-state index contributed by atoms with van der Waals surface area (Å²) in [5.74, 6) is -0.570. The molecule has 1 aliphatic carbocycles. The third-order valence-electron chi connectivity index (χ3n) is 4.88. The molecule has 4 rings (SSSR count). The van der Waals surface area contributed by atoms with Gasteiger partial charge in [0, 0.05) is 5.92 Å². The second-order valence-corrected chi connectivity index (χ2v) is 6.62. The highest BCUT2D eigenvalue weighted by atomic mass is 16.3. The van der Waals surface area contributed by atoms with Gasteiger partial charge in [0.1, 0.15) is 12.0 Å². The van der Waals surface area contributed by atoms with Gasteiger partial charge in [0.15, 0.2) is 11.8 Å². The molecule has 6 heteroatoms. The molecule has 1 aromatic carbocycles. The van der Waals surface area contributed by atoms with Crippen molar-refractivity contribution in [2.75, 3.05) is 0 Å². The van der Waals surface area contributed by atoms with Gasteiger partial charge in [-0.2, -0.15) is 5.26 Å². The number of hydrogen-bond acceptors (Lipinski definition) is 6. The molecule has 2 aromatic heterocycles. The summed E-state index contributed by atoms with van der Waals surface area (Å²) < 4.78 is 5.55. The Balaban J connectivity index is 1.60. The van der Waals surface area contributed by atoms with E-state index in [2.05, 4.69) is 15.0 Å². The van der Waals surface area contributed by atoms with E-state index in [0.29, 0.717) is 17.1 Å². The summed E-state index contributed by atoms with van der Waals surface area (Å²) in [6.45, 7) is 0. The number of nitriles is 1. The van der Waals surface area contributed by atoms with Gasteiger partial charge in [-0.3, -0.25) is 9.78 Å². The zero-order valence-electron chi connectivity index (χ0n) is 14.3. The van der Waals surface area contributed by atoms with Crippen molar-refractivity contribution in [1.82, 2.24) is 15.0 Å². The Morgan fingerprint density at radius 3 is 2.69 bits per heavy atom. The molecule has 1 atom stereocenters. The summed E-state index contributed by atoms with van der Waals surface area (Å²) in [6, 6.07) is 9.39. The lowest BCUT2D eigenvalue weighted by atomic mass is 9.89. The van der Waals surface area contributed by atoms with Crippen LogP contribution in [-0.4, -0.2) is 20.7 Å². The Morgan fingerprint density at radius 1 is 1.15 bits per heavy atom. The molecule has 1 unspecified atom stereocenters. The van der Waals surface area contributed by atoms with E-state index in [0.717, 1.165) is 31.2 Å². The molecular weight excluding hydrogens is 328 g/mol. The number of aromatic nitrogens is 3. The third kappa shape index (κ3) is 3.08. The molecule has 1 aliphatic rings. The molecule has 0 saturated heterocycles. The van der Waals surface area contributed by atoms with Crippen molar-refractivity contribution < 1.29 is 9.21 Å². The molecule has 2 heterocycles. The average Bonchev–Trinajstić information content (AvgIpc) is 3.19. The molecule has 3 aromatic rings. The van der Waals surface area contributed by atoms with Crippen LogP contribution in [0.5, 0.6) is 0 Å². The highest BCUT2D eigenvalue weighted by Crippen LogP contribution is 2.32. The third-order valence-corrected chi connectivity index (χ3v) is 4.88. The molecular formula is C20H18N4O2. The van der Waals surface area contributed by atoms with Gasteiger partial charge in [0.05, 0.1) is 29.0 Å². The number of carbonyl (C=O) groups is 1. The Labute approximate surface area is 150 Å². The van der Waals surface area contributed by atoms with Gasteiger partial charge in [-0.25, -0.2) is 9.97 Å². The first-order valence-electron chi connectivity index (χ1n) is 8.87. The summed E-state index contributed by atoms with van der Waals surface area (Å²) in [5.41, 5.74) is 1.90. The fourth-order valence-corrected chi connectivity index (χ4v) is 3.46. The minimum absolute atomic E-state index is 0.187. The van der Waals surface area contributed by atoms with Crippen LogP contribution < -0.4 is 0 Å². The van der Waals surface area contributed by atoms with E-state index >= 15 is 0 Å². The van der Waals surface area contributed by atoms with Crippen LogP contribution in [0, 0.1) is 11.3 Å². The van der Waals surface area contributed by atoms with E-state index in [1.54, 1.807) is 0 Å². The smallest absolute Gasteiger partial charge is 0.207 e. The summed E-state index contributed by atoms with van der Waals surface area (Å²) in [6.07, 6.45) is 8.47. The van der Waals surface area contributed by atoms with Crippen molar-refractivity contribution in [3.63, 3.8) is 0 Å². The number of rotatable bonds is 4. The number of oxazole rings is 1. The number of nitrogens with zero attached hydrogens (tertiary/aromatic N) is 4. The molecule has 6 nitrogen and oxygen atoms in total. The van der Waals surface area contributed by atoms with Gasteiger partial charge in [-0.1, -0.05) is 31.4 Å². The first-order valence-corrected chi connectivity index (χ1v) is 8.87. The van der Waals surface area contributed by atoms with E-state index < -0.39 is 11.7 Å². The fraction of sp³-hybridized carbons (Fsp3) is 0.350. The van der Waals surface area contributed by atoms with Crippen LogP contribution in [0.3, 0.4) is 0 Å². The first-order chi connectivity index (χ1) is 12.8. The zero-order valence-corrected chi connectivity index (χ0v) is 14.3. The van der Waals surface area contributed by atoms with Crippen LogP contribution >= 0.6 is 0 Å². The predicted octanol–water partition coefficient (Wildman–Crippen LogP) is 4.16. The SMILES string of the molecule is N#CC(C(=O)c1coc(C2CCCCC2)n1)c1cnc2ccccc2n1. The first kappa shape index (κ1) is 16.4. The normalized spacial score (nSPS) is 16.3. The van der Waals surface area contributed by atoms with Gasteiger partial charge < -0.3 is 4.42 Å². The highest BCUT2D eigenvalue weighted by Gasteiger charge is 2.28. The lowest BCUT2D eigenvalue weighted by Crippen LogP contribution is -2.14. The monoisotopic (exact) mass is 346 g/mol. The lowest BCUT2D eigenvalue weighted by molar-refractivity contribution is 0.0972. The van der Waals surface area contributed by atoms with Crippen LogP contribution in [0.4, 0.5) is 0 Å². The molecule has 0 spiro atoms. The molecule has 0 amide bonds. The van der Waals surface area contributed by atoms with Crippen molar-refractivity contribution in [2.24, 2.45) is 0 Å². The number of fused-ring (bicyclic) bond motifs is 1. The van der Waals surface area contributed by atoms with Crippen LogP contribution in [0.2, 0.25) is 0 Å². The summed E-state index contributed by atoms with van der Waals surface area (Å²) in [4.78, 5) is 25.9. The maximum atomic E-state index is 12.8. The summed E-state index contributed by atoms with van der Waals surface area (Å²) in [7, 11) is 0. The van der Waals surface area contributed by atoms with Crippen molar-refractivity contribution in [3.05, 3.63) is 54.0 Å². The Morgan fingerprint density at radius 2 is 1.92 bits per heavy atom. The lowest BCUT2D eigenvalue weighted by Gasteiger charge is -2.17. The topological polar surface area (TPSA) is 92.7 Å². The van der Waals surface area contributed by atoms with Gasteiger partial charge in [-0.05, 0) is 25.0 Å². The van der Waals surface area contributed by atoms with E-state index in [1.807, 2.05) is 30.3 Å². The van der Waals surface area contributed by atoms with Crippen LogP contribution in [0.25, 0.3) is 11.0 Å². The Bertz CT molecular complexity index is 983. The van der Waals surface area contributed by atoms with E-state index in [4.69, 9.17) is 4.42 Å². The van der Waals surface area contributed by atoms with Gasteiger partial charge in [0.2, 0.25) is 5.78 Å². The van der Waals surface area contributed by atoms with Crippen molar-refractivity contribution in [3.8, 4) is 6.07 Å². The highest BCUT2D eigenvalue weighted by molar-refractivity contribution is 6.00. The predicted molar refractivity (Wildman–Crippen MR) is 94.6 cm³/mol. The van der Waals surface area contributed by atoms with Crippen molar-refractivity contribution in [2.45, 2.75) is 43.9 Å². The van der Waals surface area contributed by atoms with E-state index in [-0.39, 0.29) is 11.6 Å². The molecule has 0 N–H and O–H groups in total. The van der Waals surface area contributed by atoms with Gasteiger partial charge in [0.25, 0.3) is 0 Å². The standard InChI is InChI=1S/C20H18N4O2/c21-10-14(17-11-22-15-8-4-5-9-16(15)23-17)19(25)18-12-26-20(24-18)13-6-2-1-3-7-13/h4-5,8-9,11-14H,1-3,6-7H2. The largest absolute Gasteiger partial charge is 0.448 e. The number of carbonyl (C=O) groups excluding carboxylic acids is 1. The van der Waals surface area contributed by atoms with Crippen LogP contribution in [-0.2, 0) is 0 Å². The Hall–Kier alpha value is -3.07. The quantitative estimate of drug-likeness (QED) is 0.659. The zero-order chi connectivity index (χ0) is 17.9. The second kappa shape index (κ2) is 7.04. The summed E-state index contributed by atoms with van der Waals surface area (Å²) >= 11 is 0. The van der Waals surface area contributed by atoms with Crippen LogP contribution in [0.15, 0.2) is 41.1 Å². The molecule has 0 radical (unpaired) electrons. The molecule has 1 fully saturated rings. The molecule has 1 saturated carbocycles. The minimum Gasteiger partial charge on any atom is -0.448 e. The molecule has 0 bridgehead atoms. The average molecular weight is 346 g/mol. The summed E-state index contributed by atoms with van der Waals surface area (Å²) in [5, 5.41) is 9.54. The maximum Gasteiger partial charge on any atom is 0.207 e. The van der Waals surface area contributed by atoms with E-state index in [1.165, 1.54) is 18.9 Å². The van der Waals surface area contributed by atoms with E-state index in [9.17, 15) is 10.1 Å². The number of benzene rings is 1. The molecule has 130 valence electrons. The number of ketones is 1. The van der Waals surface area contributed by atoms with Crippen molar-refractivity contribution >= 4 is 16.8 Å². The second-order valence-electron chi connectivity index (χ2n) is 6.62. The van der Waals surface area contributed by atoms with Crippen LogP contribution in [0.1, 0.15) is 66.0 Å². The minimum atomic E-state index is -1.04. The molecule has 0 aliphatic heterocycles. The van der Waals surface area contributed by atoms with Gasteiger partial charge >= 0.3 is 0 Å².